The molecule has 2 aromatic heterocycles. The summed E-state index contributed by atoms with van der Waals surface area (Å²) in [7, 11) is 1.78. The van der Waals surface area contributed by atoms with Crippen molar-refractivity contribution >= 4 is 5.82 Å². The van der Waals surface area contributed by atoms with Gasteiger partial charge < -0.3 is 14.4 Å². The Morgan fingerprint density at radius 3 is 2.82 bits per heavy atom. The first-order valence-corrected chi connectivity index (χ1v) is 10.0. The number of piperidine rings is 1. The molecule has 0 unspecified atom stereocenters. The second-order valence-electron chi connectivity index (χ2n) is 7.81. The summed E-state index contributed by atoms with van der Waals surface area (Å²) in [4.78, 5) is 18.3. The van der Waals surface area contributed by atoms with Crippen LogP contribution in [0.5, 0.6) is 11.6 Å². The molecule has 0 aliphatic carbocycles. The van der Waals surface area contributed by atoms with Crippen molar-refractivity contribution in [3.05, 3.63) is 35.9 Å². The van der Waals surface area contributed by atoms with Gasteiger partial charge in [0.2, 0.25) is 5.88 Å². The van der Waals surface area contributed by atoms with E-state index in [1.165, 1.54) is 12.8 Å². The number of rotatable bonds is 6. The first-order valence-electron chi connectivity index (χ1n) is 10.0. The van der Waals surface area contributed by atoms with Crippen molar-refractivity contribution in [3.8, 4) is 11.6 Å². The number of anilines is 1. The summed E-state index contributed by atoms with van der Waals surface area (Å²) in [5, 5.41) is 0. The molecule has 2 atom stereocenters. The summed E-state index contributed by atoms with van der Waals surface area (Å²) in [6.45, 7) is 8.94. The van der Waals surface area contributed by atoms with E-state index < -0.39 is 0 Å². The smallest absolute Gasteiger partial charge is 0.227 e. The minimum atomic E-state index is 0.549. The number of aromatic nitrogens is 3. The number of hydrogen-bond donors (Lipinski definition) is 0. The van der Waals surface area contributed by atoms with Crippen molar-refractivity contribution in [2.75, 3.05) is 44.8 Å². The molecule has 0 aromatic carbocycles. The van der Waals surface area contributed by atoms with Crippen LogP contribution in [-0.4, -0.2) is 65.8 Å². The Bertz CT molecular complexity index is 815. The molecule has 5 heterocycles. The highest BCUT2D eigenvalue weighted by atomic mass is 16.5. The lowest BCUT2D eigenvalue weighted by atomic mass is 9.95. The topological polar surface area (TPSA) is 63.6 Å². The molecule has 0 N–H and O–H groups in total. The normalized spacial score (nSPS) is 22.3. The van der Waals surface area contributed by atoms with Gasteiger partial charge in [0.1, 0.15) is 12.1 Å². The second-order valence-corrected chi connectivity index (χ2v) is 7.81. The van der Waals surface area contributed by atoms with E-state index in [4.69, 9.17) is 9.47 Å². The molecule has 0 saturated carbocycles. The number of pyridine rings is 1. The quantitative estimate of drug-likeness (QED) is 0.760. The largest absolute Gasteiger partial charge is 0.437 e. The first-order chi connectivity index (χ1) is 13.7. The highest BCUT2D eigenvalue weighted by Crippen LogP contribution is 2.34. The van der Waals surface area contributed by atoms with Crippen LogP contribution >= 0.6 is 0 Å². The molecule has 150 valence electrons. The molecule has 0 amide bonds. The predicted molar refractivity (Wildman–Crippen MR) is 108 cm³/mol. The molecule has 0 spiro atoms. The van der Waals surface area contributed by atoms with Gasteiger partial charge in [-0.15, -0.1) is 0 Å². The number of ether oxygens (including phenoxy) is 2. The lowest BCUT2D eigenvalue weighted by Gasteiger charge is -2.35. The zero-order valence-electron chi connectivity index (χ0n) is 17.0. The Hall–Kier alpha value is -2.25. The summed E-state index contributed by atoms with van der Waals surface area (Å²) >= 11 is 0. The standard InChI is InChI=1S/C21H29N5O2/c1-15-20(23-14-24-21(15)28-19-5-4-8-22-16(19)2)26-12-17-6-7-18(13-26)25(11-17)9-10-27-3/h4-5,8,14,17-18H,6-7,9-13H2,1-3H3/t17-,18-/m1/s1. The van der Waals surface area contributed by atoms with E-state index in [1.54, 1.807) is 19.6 Å². The van der Waals surface area contributed by atoms with Crippen molar-refractivity contribution in [2.24, 2.45) is 5.92 Å². The third kappa shape index (κ3) is 3.95. The van der Waals surface area contributed by atoms with Crippen molar-refractivity contribution in [3.63, 3.8) is 0 Å². The van der Waals surface area contributed by atoms with E-state index in [0.29, 0.717) is 17.8 Å². The fraction of sp³-hybridized carbons (Fsp3) is 0.571. The van der Waals surface area contributed by atoms with Gasteiger partial charge in [-0.3, -0.25) is 9.88 Å². The molecular weight excluding hydrogens is 354 g/mol. The van der Waals surface area contributed by atoms with Gasteiger partial charge in [-0.25, -0.2) is 9.97 Å². The van der Waals surface area contributed by atoms with Crippen LogP contribution in [0.1, 0.15) is 24.1 Å². The minimum absolute atomic E-state index is 0.549. The van der Waals surface area contributed by atoms with Crippen LogP contribution in [0.4, 0.5) is 5.82 Å². The maximum atomic E-state index is 6.08. The van der Waals surface area contributed by atoms with Gasteiger partial charge in [-0.1, -0.05) is 0 Å². The summed E-state index contributed by atoms with van der Waals surface area (Å²) in [5.74, 6) is 2.98. The molecular formula is C21H29N5O2. The lowest BCUT2D eigenvalue weighted by molar-refractivity contribution is 0.0889. The van der Waals surface area contributed by atoms with Crippen LogP contribution < -0.4 is 9.64 Å². The van der Waals surface area contributed by atoms with Gasteiger partial charge in [0, 0.05) is 45.5 Å². The Labute approximate surface area is 166 Å². The van der Waals surface area contributed by atoms with Crippen LogP contribution in [0, 0.1) is 19.8 Å². The maximum absolute atomic E-state index is 6.08. The van der Waals surface area contributed by atoms with E-state index in [1.807, 2.05) is 26.0 Å². The van der Waals surface area contributed by atoms with Crippen LogP contribution in [0.15, 0.2) is 24.7 Å². The van der Waals surface area contributed by atoms with Gasteiger partial charge >= 0.3 is 0 Å². The molecule has 5 rings (SSSR count). The van der Waals surface area contributed by atoms with Crippen molar-refractivity contribution in [2.45, 2.75) is 32.7 Å². The monoisotopic (exact) mass is 383 g/mol. The summed E-state index contributed by atoms with van der Waals surface area (Å²) in [6.07, 6.45) is 5.90. The van der Waals surface area contributed by atoms with Crippen LogP contribution in [0.25, 0.3) is 0 Å². The van der Waals surface area contributed by atoms with Crippen molar-refractivity contribution in [1.82, 2.24) is 19.9 Å². The Morgan fingerprint density at radius 1 is 1.11 bits per heavy atom. The predicted octanol–water partition coefficient (Wildman–Crippen LogP) is 2.83. The molecule has 3 aliphatic rings. The number of nitrogens with zero attached hydrogens (tertiary/aromatic N) is 5. The fourth-order valence-corrected chi connectivity index (χ4v) is 4.36. The molecule has 2 aromatic rings. The van der Waals surface area contributed by atoms with Gasteiger partial charge in [-0.2, -0.15) is 0 Å². The molecule has 3 aliphatic heterocycles. The molecule has 28 heavy (non-hydrogen) atoms. The number of methoxy groups -OCH3 is 1. The van der Waals surface area contributed by atoms with Gasteiger partial charge in [0.05, 0.1) is 17.9 Å². The zero-order valence-corrected chi connectivity index (χ0v) is 17.0. The van der Waals surface area contributed by atoms with E-state index in [9.17, 15) is 0 Å². The van der Waals surface area contributed by atoms with E-state index in [0.717, 1.165) is 55.6 Å². The molecule has 3 fully saturated rings. The highest BCUT2D eigenvalue weighted by Gasteiger charge is 2.35. The Kier molecular flexibility index (Phi) is 5.73. The van der Waals surface area contributed by atoms with E-state index >= 15 is 0 Å². The SMILES string of the molecule is COCCN1C[C@H]2CC[C@@H]1CN(c1ncnc(Oc3cccnc3C)c1C)C2. The molecule has 3 saturated heterocycles. The van der Waals surface area contributed by atoms with Crippen LogP contribution in [0.3, 0.4) is 0 Å². The van der Waals surface area contributed by atoms with Crippen LogP contribution in [0.2, 0.25) is 0 Å². The maximum Gasteiger partial charge on any atom is 0.227 e. The first kappa shape index (κ1) is 19.1. The lowest BCUT2D eigenvalue weighted by Crippen LogP contribution is -2.45. The Morgan fingerprint density at radius 2 is 2.00 bits per heavy atom. The highest BCUT2D eigenvalue weighted by molar-refractivity contribution is 5.51. The molecule has 2 bridgehead atoms. The van der Waals surface area contributed by atoms with Crippen molar-refractivity contribution in [1.29, 1.82) is 0 Å². The zero-order chi connectivity index (χ0) is 19.5. The summed E-state index contributed by atoms with van der Waals surface area (Å²) in [6, 6.07) is 4.35. The minimum Gasteiger partial charge on any atom is -0.437 e. The third-order valence-electron chi connectivity index (χ3n) is 5.89. The number of aryl methyl sites for hydroxylation is 1. The van der Waals surface area contributed by atoms with E-state index in [-0.39, 0.29) is 0 Å². The molecule has 7 heteroatoms. The van der Waals surface area contributed by atoms with Crippen molar-refractivity contribution < 1.29 is 9.47 Å². The fourth-order valence-electron chi connectivity index (χ4n) is 4.36. The van der Waals surface area contributed by atoms with Crippen LogP contribution in [-0.2, 0) is 4.74 Å². The summed E-state index contributed by atoms with van der Waals surface area (Å²) in [5.41, 5.74) is 1.83. The van der Waals surface area contributed by atoms with Gasteiger partial charge in [0.15, 0.2) is 5.75 Å². The van der Waals surface area contributed by atoms with Gasteiger partial charge in [0.25, 0.3) is 0 Å². The number of hydrogen-bond acceptors (Lipinski definition) is 7. The number of fused-ring (bicyclic) bond motifs is 4. The molecule has 7 nitrogen and oxygen atoms in total. The summed E-state index contributed by atoms with van der Waals surface area (Å²) < 4.78 is 11.4. The molecule has 0 radical (unpaired) electrons. The second kappa shape index (κ2) is 8.41. The Balaban J connectivity index is 1.55. The average Bonchev–Trinajstić information content (AvgIpc) is 3.01. The van der Waals surface area contributed by atoms with E-state index in [2.05, 4.69) is 24.8 Å². The average molecular weight is 383 g/mol. The van der Waals surface area contributed by atoms with Gasteiger partial charge in [-0.05, 0) is 44.7 Å². The third-order valence-corrected chi connectivity index (χ3v) is 5.89.